The normalized spacial score (nSPS) is 11.8. The van der Waals surface area contributed by atoms with Crippen molar-refractivity contribution in [1.82, 2.24) is 0 Å². The minimum atomic E-state index is -0.0136. The van der Waals surface area contributed by atoms with E-state index in [1.165, 1.54) is 0 Å². The van der Waals surface area contributed by atoms with Crippen molar-refractivity contribution in [3.8, 4) is 11.5 Å². The first-order chi connectivity index (χ1) is 8.25. The van der Waals surface area contributed by atoms with Crippen LogP contribution in [0, 0.1) is 6.92 Å². The lowest BCUT2D eigenvalue weighted by atomic mass is 9.98. The Balaban J connectivity index is 2.09. The number of benzene rings is 2. The SMILES string of the molecule is Cc1c2cc(cc1C(=O)c1ccccc1)OO2. The van der Waals surface area contributed by atoms with Crippen molar-refractivity contribution in [1.29, 1.82) is 0 Å². The Morgan fingerprint density at radius 1 is 1.06 bits per heavy atom. The van der Waals surface area contributed by atoms with Crippen molar-refractivity contribution in [2.75, 3.05) is 0 Å². The van der Waals surface area contributed by atoms with Crippen LogP contribution < -0.4 is 9.78 Å². The third-order valence-electron chi connectivity index (χ3n) is 2.84. The minimum Gasteiger partial charge on any atom is -0.290 e. The van der Waals surface area contributed by atoms with Crippen molar-refractivity contribution in [3.63, 3.8) is 0 Å². The predicted molar refractivity (Wildman–Crippen MR) is 62.3 cm³/mol. The molecule has 0 fully saturated rings. The molecule has 1 aliphatic heterocycles. The molecule has 2 bridgehead atoms. The molecule has 0 atom stereocenters. The summed E-state index contributed by atoms with van der Waals surface area (Å²) in [5.74, 6) is 1.17. The van der Waals surface area contributed by atoms with Gasteiger partial charge in [-0.25, -0.2) is 0 Å². The maximum Gasteiger partial charge on any atom is 0.193 e. The molecule has 1 heterocycles. The second kappa shape index (κ2) is 3.63. The zero-order valence-electron chi connectivity index (χ0n) is 9.27. The summed E-state index contributed by atoms with van der Waals surface area (Å²) in [7, 11) is 0. The summed E-state index contributed by atoms with van der Waals surface area (Å²) in [6.07, 6.45) is 0. The molecule has 3 nitrogen and oxygen atoms in total. The van der Waals surface area contributed by atoms with Gasteiger partial charge in [-0.2, -0.15) is 0 Å². The fourth-order valence-electron chi connectivity index (χ4n) is 1.87. The molecule has 0 N–H and O–H groups in total. The topological polar surface area (TPSA) is 35.5 Å². The zero-order chi connectivity index (χ0) is 11.8. The van der Waals surface area contributed by atoms with Crippen molar-refractivity contribution >= 4 is 5.78 Å². The Hall–Kier alpha value is -2.29. The van der Waals surface area contributed by atoms with E-state index in [1.54, 1.807) is 24.3 Å². The summed E-state index contributed by atoms with van der Waals surface area (Å²) in [6, 6.07) is 12.7. The fourth-order valence-corrected chi connectivity index (χ4v) is 1.87. The van der Waals surface area contributed by atoms with Gasteiger partial charge in [-0.15, -0.1) is 0 Å². The minimum absolute atomic E-state index is 0.0136. The highest BCUT2D eigenvalue weighted by Gasteiger charge is 2.21. The number of fused-ring (bicyclic) bond motifs is 2. The van der Waals surface area contributed by atoms with E-state index >= 15 is 0 Å². The summed E-state index contributed by atoms with van der Waals surface area (Å²) in [4.78, 5) is 22.2. The van der Waals surface area contributed by atoms with Crippen LogP contribution in [-0.2, 0) is 0 Å². The number of carbonyl (C=O) groups excluding carboxylic acids is 1. The molecule has 3 heteroatoms. The van der Waals surface area contributed by atoms with Crippen LogP contribution in [-0.4, -0.2) is 5.78 Å². The number of ketones is 1. The highest BCUT2D eigenvalue weighted by Crippen LogP contribution is 2.34. The van der Waals surface area contributed by atoms with Crippen molar-refractivity contribution in [2.45, 2.75) is 6.92 Å². The number of hydrogen-bond donors (Lipinski definition) is 0. The van der Waals surface area contributed by atoms with Crippen LogP contribution in [0.25, 0.3) is 0 Å². The molecule has 0 aliphatic carbocycles. The molecule has 1 aliphatic rings. The lowest BCUT2D eigenvalue weighted by Crippen LogP contribution is -2.02. The Morgan fingerprint density at radius 3 is 2.59 bits per heavy atom. The van der Waals surface area contributed by atoms with Crippen molar-refractivity contribution in [2.24, 2.45) is 0 Å². The van der Waals surface area contributed by atoms with Gasteiger partial charge in [0.1, 0.15) is 0 Å². The van der Waals surface area contributed by atoms with Gasteiger partial charge in [0.15, 0.2) is 17.3 Å². The van der Waals surface area contributed by atoms with Gasteiger partial charge in [-0.05, 0) is 13.0 Å². The zero-order valence-corrected chi connectivity index (χ0v) is 9.27. The van der Waals surface area contributed by atoms with Crippen LogP contribution >= 0.6 is 0 Å². The van der Waals surface area contributed by atoms with Gasteiger partial charge in [-0.3, -0.25) is 14.6 Å². The third kappa shape index (κ3) is 1.56. The van der Waals surface area contributed by atoms with Crippen LogP contribution in [0.5, 0.6) is 11.5 Å². The van der Waals surface area contributed by atoms with E-state index in [2.05, 4.69) is 0 Å². The molecular formula is C14H10O3. The molecule has 0 aromatic heterocycles. The van der Waals surface area contributed by atoms with Gasteiger partial charge in [0.05, 0.1) is 0 Å². The summed E-state index contributed by atoms with van der Waals surface area (Å²) < 4.78 is 0. The van der Waals surface area contributed by atoms with Crippen molar-refractivity contribution < 1.29 is 14.6 Å². The Labute approximate surface area is 98.5 Å². The first kappa shape index (κ1) is 9.90. The summed E-state index contributed by atoms with van der Waals surface area (Å²) in [6.45, 7) is 1.85. The number of carbonyl (C=O) groups is 1. The van der Waals surface area contributed by atoms with Gasteiger partial charge >= 0.3 is 0 Å². The number of rotatable bonds is 2. The number of hydrogen-bond acceptors (Lipinski definition) is 3. The van der Waals surface area contributed by atoms with Crippen LogP contribution in [0.2, 0.25) is 0 Å². The standard InChI is InChI=1S/C14H10O3/c1-9-12(7-11-8-13(9)17-16-11)14(15)10-5-3-2-4-6-10/h2-8H,1H3. The van der Waals surface area contributed by atoms with E-state index in [0.717, 1.165) is 5.56 Å². The monoisotopic (exact) mass is 226 g/mol. The van der Waals surface area contributed by atoms with E-state index < -0.39 is 0 Å². The smallest absolute Gasteiger partial charge is 0.193 e. The molecule has 84 valence electrons. The molecule has 0 radical (unpaired) electrons. The maximum atomic E-state index is 12.3. The highest BCUT2D eigenvalue weighted by atomic mass is 17.2. The maximum absolute atomic E-state index is 12.3. The Morgan fingerprint density at radius 2 is 1.82 bits per heavy atom. The third-order valence-corrected chi connectivity index (χ3v) is 2.84. The van der Waals surface area contributed by atoms with Crippen LogP contribution in [0.15, 0.2) is 42.5 Å². The van der Waals surface area contributed by atoms with E-state index in [4.69, 9.17) is 9.78 Å². The lowest BCUT2D eigenvalue weighted by Gasteiger charge is -2.03. The molecule has 0 amide bonds. The van der Waals surface area contributed by atoms with E-state index in [0.29, 0.717) is 22.6 Å². The van der Waals surface area contributed by atoms with E-state index in [-0.39, 0.29) is 5.78 Å². The molecule has 0 unspecified atom stereocenters. The molecule has 2 aromatic carbocycles. The van der Waals surface area contributed by atoms with Gasteiger partial charge < -0.3 is 0 Å². The fraction of sp³-hybridized carbons (Fsp3) is 0.0714. The van der Waals surface area contributed by atoms with E-state index in [9.17, 15) is 4.79 Å². The van der Waals surface area contributed by atoms with Gasteiger partial charge in [0.2, 0.25) is 0 Å². The average Bonchev–Trinajstić information content (AvgIpc) is 2.78. The highest BCUT2D eigenvalue weighted by molar-refractivity contribution is 6.10. The molecule has 0 spiro atoms. The first-order valence-corrected chi connectivity index (χ1v) is 5.34. The van der Waals surface area contributed by atoms with Crippen LogP contribution in [0.1, 0.15) is 21.5 Å². The quantitative estimate of drug-likeness (QED) is 0.583. The molecular weight excluding hydrogens is 216 g/mol. The van der Waals surface area contributed by atoms with Gasteiger partial charge in [0.25, 0.3) is 0 Å². The average molecular weight is 226 g/mol. The predicted octanol–water partition coefficient (Wildman–Crippen LogP) is 2.91. The largest absolute Gasteiger partial charge is 0.290 e. The summed E-state index contributed by atoms with van der Waals surface area (Å²) in [5, 5.41) is 0. The molecule has 17 heavy (non-hydrogen) atoms. The first-order valence-electron chi connectivity index (χ1n) is 5.34. The van der Waals surface area contributed by atoms with E-state index in [1.807, 2.05) is 25.1 Å². The summed E-state index contributed by atoms with van der Waals surface area (Å²) >= 11 is 0. The van der Waals surface area contributed by atoms with Gasteiger partial charge in [-0.1, -0.05) is 30.3 Å². The molecule has 0 saturated heterocycles. The Bertz CT molecular complexity index is 588. The Kier molecular flexibility index (Phi) is 2.11. The lowest BCUT2D eigenvalue weighted by molar-refractivity contribution is -0.0851. The second-order valence-corrected chi connectivity index (χ2v) is 3.96. The molecule has 0 saturated carbocycles. The van der Waals surface area contributed by atoms with Crippen LogP contribution in [0.4, 0.5) is 0 Å². The van der Waals surface area contributed by atoms with Crippen molar-refractivity contribution in [3.05, 3.63) is 59.2 Å². The molecule has 3 rings (SSSR count). The van der Waals surface area contributed by atoms with Gasteiger partial charge in [0, 0.05) is 22.8 Å². The molecule has 2 aromatic rings. The van der Waals surface area contributed by atoms with Crippen LogP contribution in [0.3, 0.4) is 0 Å². The summed E-state index contributed by atoms with van der Waals surface area (Å²) in [5.41, 5.74) is 2.10. The second-order valence-electron chi connectivity index (χ2n) is 3.96.